The molecule has 0 N–H and O–H groups in total. The highest BCUT2D eigenvalue weighted by Crippen LogP contribution is 2.40. The Kier molecular flexibility index (Phi) is 3.72. The van der Waals surface area contributed by atoms with Crippen LogP contribution in [0.15, 0.2) is 10.7 Å². The third-order valence-corrected chi connectivity index (χ3v) is 4.46. The van der Waals surface area contributed by atoms with Gasteiger partial charge < -0.3 is 4.74 Å². The number of rotatable bonds is 2. The highest BCUT2D eigenvalue weighted by molar-refractivity contribution is 9.10. The molecule has 0 spiro atoms. The summed E-state index contributed by atoms with van der Waals surface area (Å²) in [5.74, 6) is 0.470. The molecular formula is C11H14BrClN2O. The zero-order valence-electron chi connectivity index (χ0n) is 9.33. The maximum Gasteiger partial charge on any atom is 0.233 e. The first-order chi connectivity index (χ1) is 7.65. The van der Waals surface area contributed by atoms with E-state index in [-0.39, 0.29) is 0 Å². The summed E-state index contributed by atoms with van der Waals surface area (Å²) in [6.45, 7) is 1.13. The van der Waals surface area contributed by atoms with Crippen LogP contribution in [0.3, 0.4) is 0 Å². The Bertz CT molecular complexity index is 400. The van der Waals surface area contributed by atoms with Crippen molar-refractivity contribution < 1.29 is 4.74 Å². The second-order valence-electron chi connectivity index (χ2n) is 3.99. The van der Waals surface area contributed by atoms with Crippen molar-refractivity contribution in [1.82, 2.24) is 9.88 Å². The fourth-order valence-corrected chi connectivity index (χ4v) is 2.91. The van der Waals surface area contributed by atoms with E-state index in [1.54, 1.807) is 7.11 Å². The molecule has 3 nitrogen and oxygen atoms in total. The number of methoxy groups -OCH3 is 1. The molecule has 1 saturated heterocycles. The largest absolute Gasteiger partial charge is 0.480 e. The molecule has 5 heteroatoms. The van der Waals surface area contributed by atoms with Gasteiger partial charge in [-0.1, -0.05) is 11.6 Å². The number of ether oxygens (including phenoxy) is 1. The molecule has 1 aromatic rings. The van der Waals surface area contributed by atoms with Gasteiger partial charge in [0.05, 0.1) is 7.11 Å². The summed E-state index contributed by atoms with van der Waals surface area (Å²) >= 11 is 9.70. The molecule has 0 saturated carbocycles. The van der Waals surface area contributed by atoms with Gasteiger partial charge in [0.15, 0.2) is 0 Å². The Labute approximate surface area is 109 Å². The minimum atomic E-state index is 0.408. The van der Waals surface area contributed by atoms with Gasteiger partial charge in [-0.3, -0.25) is 4.90 Å². The van der Waals surface area contributed by atoms with E-state index in [2.05, 4.69) is 32.9 Å². The Morgan fingerprint density at radius 2 is 2.38 bits per heavy atom. The molecule has 16 heavy (non-hydrogen) atoms. The number of pyridine rings is 1. The Hall–Kier alpha value is -0.320. The maximum atomic E-state index is 6.17. The second kappa shape index (κ2) is 4.90. The lowest BCUT2D eigenvalue weighted by atomic mass is 10.1. The number of nitrogens with zero attached hydrogens (tertiary/aromatic N) is 2. The predicted molar refractivity (Wildman–Crippen MR) is 68.1 cm³/mol. The summed E-state index contributed by atoms with van der Waals surface area (Å²) in [6, 6.07) is 0.408. The summed E-state index contributed by atoms with van der Waals surface area (Å²) in [5.41, 5.74) is 1.14. The average molecular weight is 306 g/mol. The average Bonchev–Trinajstić information content (AvgIpc) is 2.69. The third-order valence-electron chi connectivity index (χ3n) is 3.03. The van der Waals surface area contributed by atoms with Crippen LogP contribution in [0.4, 0.5) is 0 Å². The minimum Gasteiger partial charge on any atom is -0.480 e. The molecule has 0 radical (unpaired) electrons. The summed E-state index contributed by atoms with van der Waals surface area (Å²) in [4.78, 5) is 6.55. The van der Waals surface area contributed by atoms with E-state index in [0.717, 1.165) is 23.0 Å². The van der Waals surface area contributed by atoms with Crippen molar-refractivity contribution in [3.63, 3.8) is 0 Å². The minimum absolute atomic E-state index is 0.408. The first-order valence-corrected chi connectivity index (χ1v) is 6.40. The molecular weight excluding hydrogens is 291 g/mol. The molecule has 1 aliphatic heterocycles. The van der Waals surface area contributed by atoms with Crippen LogP contribution < -0.4 is 4.74 Å². The molecule has 1 aromatic heterocycles. The normalized spacial score (nSPS) is 21.4. The van der Waals surface area contributed by atoms with Crippen molar-refractivity contribution in [2.45, 2.75) is 18.9 Å². The van der Waals surface area contributed by atoms with Crippen LogP contribution in [0.5, 0.6) is 5.88 Å². The van der Waals surface area contributed by atoms with Gasteiger partial charge in [0.2, 0.25) is 5.88 Å². The molecule has 0 amide bonds. The van der Waals surface area contributed by atoms with Crippen LogP contribution >= 0.6 is 27.5 Å². The van der Waals surface area contributed by atoms with Crippen molar-refractivity contribution in [2.24, 2.45) is 0 Å². The van der Waals surface area contributed by atoms with Gasteiger partial charge in [-0.15, -0.1) is 0 Å². The van der Waals surface area contributed by atoms with Gasteiger partial charge in [-0.2, -0.15) is 0 Å². The van der Waals surface area contributed by atoms with Crippen molar-refractivity contribution in [3.8, 4) is 5.88 Å². The number of hydrogen-bond acceptors (Lipinski definition) is 3. The highest BCUT2D eigenvalue weighted by Gasteiger charge is 2.26. The van der Waals surface area contributed by atoms with Gasteiger partial charge in [-0.05, 0) is 42.4 Å². The topological polar surface area (TPSA) is 25.4 Å². The molecule has 1 atom stereocenters. The van der Waals surface area contributed by atoms with Crippen molar-refractivity contribution >= 4 is 27.5 Å². The van der Waals surface area contributed by atoms with Gasteiger partial charge >= 0.3 is 0 Å². The number of halogens is 2. The lowest BCUT2D eigenvalue weighted by molar-refractivity contribution is 0.315. The molecule has 88 valence electrons. The van der Waals surface area contributed by atoms with Crippen LogP contribution in [0.2, 0.25) is 5.02 Å². The van der Waals surface area contributed by atoms with Crippen LogP contribution in [-0.4, -0.2) is 30.6 Å². The number of hydrogen-bond donors (Lipinski definition) is 0. The molecule has 0 unspecified atom stereocenters. The molecule has 0 bridgehead atoms. The first-order valence-electron chi connectivity index (χ1n) is 5.23. The Balaban J connectivity index is 2.38. The number of aromatic nitrogens is 1. The summed E-state index contributed by atoms with van der Waals surface area (Å²) < 4.78 is 5.99. The van der Waals surface area contributed by atoms with Crippen molar-refractivity contribution in [1.29, 1.82) is 0 Å². The molecule has 2 heterocycles. The fraction of sp³-hybridized carbons (Fsp3) is 0.545. The first kappa shape index (κ1) is 12.1. The van der Waals surface area contributed by atoms with Gasteiger partial charge in [0.25, 0.3) is 0 Å². The fourth-order valence-electron chi connectivity index (χ4n) is 2.14. The zero-order chi connectivity index (χ0) is 11.7. The van der Waals surface area contributed by atoms with E-state index in [0.29, 0.717) is 16.9 Å². The Morgan fingerprint density at radius 1 is 1.62 bits per heavy atom. The van der Waals surface area contributed by atoms with E-state index >= 15 is 0 Å². The monoisotopic (exact) mass is 304 g/mol. The van der Waals surface area contributed by atoms with Gasteiger partial charge in [-0.25, -0.2) is 4.98 Å². The van der Waals surface area contributed by atoms with Crippen LogP contribution in [0, 0.1) is 0 Å². The molecule has 1 fully saturated rings. The van der Waals surface area contributed by atoms with Gasteiger partial charge in [0.1, 0.15) is 5.02 Å². The van der Waals surface area contributed by atoms with E-state index in [4.69, 9.17) is 16.3 Å². The summed E-state index contributed by atoms with van der Waals surface area (Å²) in [7, 11) is 3.70. The van der Waals surface area contributed by atoms with Crippen LogP contribution in [-0.2, 0) is 0 Å². The molecule has 2 rings (SSSR count). The van der Waals surface area contributed by atoms with Gasteiger partial charge in [0, 0.05) is 22.3 Å². The summed E-state index contributed by atoms with van der Waals surface area (Å²) in [5, 5.41) is 0.556. The standard InChI is InChI=1S/C11H14BrClN2O/c1-15-5-3-4-8(15)7-6-14-11(16-2)10(13)9(7)12/h6,8H,3-5H2,1-2H3/t8-/m0/s1. The Morgan fingerprint density at radius 3 is 2.94 bits per heavy atom. The molecule has 0 aromatic carbocycles. The zero-order valence-corrected chi connectivity index (χ0v) is 11.7. The second-order valence-corrected chi connectivity index (χ2v) is 5.16. The van der Waals surface area contributed by atoms with Crippen LogP contribution in [0.25, 0.3) is 0 Å². The van der Waals surface area contributed by atoms with E-state index in [9.17, 15) is 0 Å². The third kappa shape index (κ3) is 2.06. The SMILES string of the molecule is COc1ncc([C@@H]2CCCN2C)c(Br)c1Cl. The van der Waals surface area contributed by atoms with E-state index < -0.39 is 0 Å². The number of likely N-dealkylation sites (tertiary alicyclic amines) is 1. The van der Waals surface area contributed by atoms with Crippen molar-refractivity contribution in [2.75, 3.05) is 20.7 Å². The quantitative estimate of drug-likeness (QED) is 0.838. The smallest absolute Gasteiger partial charge is 0.233 e. The van der Waals surface area contributed by atoms with E-state index in [1.807, 2.05) is 6.20 Å². The predicted octanol–water partition coefficient (Wildman–Crippen LogP) is 3.27. The van der Waals surface area contributed by atoms with Crippen molar-refractivity contribution in [3.05, 3.63) is 21.3 Å². The van der Waals surface area contributed by atoms with E-state index in [1.165, 1.54) is 6.42 Å². The highest BCUT2D eigenvalue weighted by atomic mass is 79.9. The molecule has 1 aliphatic rings. The molecule has 0 aliphatic carbocycles. The lowest BCUT2D eigenvalue weighted by Gasteiger charge is -2.21. The summed E-state index contributed by atoms with van der Waals surface area (Å²) in [6.07, 6.45) is 4.22. The van der Waals surface area contributed by atoms with Crippen LogP contribution in [0.1, 0.15) is 24.4 Å². The lowest BCUT2D eigenvalue weighted by Crippen LogP contribution is -2.18. The maximum absolute atomic E-state index is 6.17.